The molecule has 112 valence electrons. The second kappa shape index (κ2) is 9.17. The van der Waals surface area contributed by atoms with Gasteiger partial charge in [-0.1, -0.05) is 12.1 Å². The largest absolute Gasteiger partial charge is 0.492 e. The van der Waals surface area contributed by atoms with Gasteiger partial charge in [0.1, 0.15) is 12.4 Å². The van der Waals surface area contributed by atoms with Crippen LogP contribution in [0.3, 0.4) is 0 Å². The van der Waals surface area contributed by atoms with Gasteiger partial charge in [0.05, 0.1) is 6.10 Å². The van der Waals surface area contributed by atoms with E-state index in [-0.39, 0.29) is 11.9 Å². The molecule has 0 aliphatic heterocycles. The van der Waals surface area contributed by atoms with Crippen LogP contribution >= 0.6 is 0 Å². The number of nitrogens with zero attached hydrogens (tertiary/aromatic N) is 1. The molecule has 0 aromatic heterocycles. The lowest BCUT2D eigenvalue weighted by molar-refractivity contribution is 0.159. The fourth-order valence-corrected chi connectivity index (χ4v) is 1.62. The molecule has 1 aromatic rings. The van der Waals surface area contributed by atoms with E-state index in [1.807, 2.05) is 6.92 Å². The summed E-state index contributed by atoms with van der Waals surface area (Å²) < 4.78 is 5.54. The molecular formula is C14H23N3O3. The van der Waals surface area contributed by atoms with E-state index in [4.69, 9.17) is 15.7 Å². The van der Waals surface area contributed by atoms with Crippen LogP contribution in [0, 0.1) is 0 Å². The molecule has 1 aromatic carbocycles. The Bertz CT molecular complexity index is 407. The van der Waals surface area contributed by atoms with Crippen molar-refractivity contribution in [1.82, 2.24) is 5.32 Å². The molecule has 0 heterocycles. The lowest BCUT2D eigenvalue weighted by Gasteiger charge is -2.10. The van der Waals surface area contributed by atoms with Crippen LogP contribution in [0.1, 0.15) is 25.3 Å². The van der Waals surface area contributed by atoms with E-state index in [0.29, 0.717) is 12.2 Å². The Balaban J connectivity index is 2.19. The van der Waals surface area contributed by atoms with Gasteiger partial charge >= 0.3 is 0 Å². The molecule has 0 radical (unpaired) electrons. The molecule has 1 atom stereocenters. The van der Waals surface area contributed by atoms with E-state index in [1.54, 1.807) is 24.3 Å². The van der Waals surface area contributed by atoms with Gasteiger partial charge < -0.3 is 26.1 Å². The van der Waals surface area contributed by atoms with Crippen LogP contribution in [0.5, 0.6) is 5.75 Å². The lowest BCUT2D eigenvalue weighted by atomic mass is 10.2. The highest BCUT2D eigenvalue weighted by Crippen LogP contribution is 2.11. The number of amidine groups is 1. The minimum atomic E-state index is -0.227. The molecule has 0 aliphatic rings. The highest BCUT2D eigenvalue weighted by Gasteiger charge is 2.01. The number of oxime groups is 1. The summed E-state index contributed by atoms with van der Waals surface area (Å²) in [6, 6.07) is 7.01. The minimum absolute atomic E-state index is 0.0766. The number of benzene rings is 1. The average molecular weight is 281 g/mol. The maximum Gasteiger partial charge on any atom is 0.170 e. The molecule has 20 heavy (non-hydrogen) atoms. The maximum absolute atomic E-state index is 9.37. The molecule has 0 fully saturated rings. The average Bonchev–Trinajstić information content (AvgIpc) is 2.50. The minimum Gasteiger partial charge on any atom is -0.492 e. The molecule has 0 amide bonds. The SMILES string of the molecule is CCC(O)CCNCCOc1ccc(/C(N)=N/O)cc1. The third-order valence-electron chi connectivity index (χ3n) is 2.93. The standard InChI is InChI=1S/C14H23N3O3/c1-2-12(18)7-8-16-9-10-20-13-5-3-11(4-6-13)14(15)17-19/h3-6,12,16,18-19H,2,7-10H2,1H3,(H2,15,17). The van der Waals surface area contributed by atoms with Crippen molar-refractivity contribution in [2.45, 2.75) is 25.9 Å². The normalized spacial score (nSPS) is 13.2. The molecular weight excluding hydrogens is 258 g/mol. The third-order valence-corrected chi connectivity index (χ3v) is 2.93. The summed E-state index contributed by atoms with van der Waals surface area (Å²) in [4.78, 5) is 0. The number of aliphatic hydroxyl groups excluding tert-OH is 1. The van der Waals surface area contributed by atoms with Gasteiger partial charge in [0, 0.05) is 12.1 Å². The summed E-state index contributed by atoms with van der Waals surface area (Å²) in [6.45, 7) is 4.01. The Morgan fingerprint density at radius 1 is 1.35 bits per heavy atom. The number of hydrogen-bond donors (Lipinski definition) is 4. The Morgan fingerprint density at radius 2 is 2.05 bits per heavy atom. The number of nitrogens with two attached hydrogens (primary N) is 1. The Morgan fingerprint density at radius 3 is 2.65 bits per heavy atom. The van der Waals surface area contributed by atoms with Gasteiger partial charge in [-0.3, -0.25) is 0 Å². The highest BCUT2D eigenvalue weighted by molar-refractivity contribution is 5.97. The van der Waals surface area contributed by atoms with Gasteiger partial charge in [-0.25, -0.2) is 0 Å². The number of rotatable bonds is 9. The summed E-state index contributed by atoms with van der Waals surface area (Å²) in [5, 5.41) is 24.0. The zero-order chi connectivity index (χ0) is 14.8. The molecule has 5 N–H and O–H groups in total. The quantitative estimate of drug-likeness (QED) is 0.177. The van der Waals surface area contributed by atoms with Crippen molar-refractivity contribution in [3.63, 3.8) is 0 Å². The number of aliphatic hydroxyl groups is 1. The number of nitrogens with one attached hydrogen (secondary N) is 1. The summed E-state index contributed by atoms with van der Waals surface area (Å²) in [5.74, 6) is 0.808. The second-order valence-electron chi connectivity index (χ2n) is 4.46. The van der Waals surface area contributed by atoms with Crippen molar-refractivity contribution in [2.75, 3.05) is 19.7 Å². The molecule has 0 bridgehead atoms. The van der Waals surface area contributed by atoms with Crippen LogP contribution in [-0.4, -0.2) is 41.9 Å². The van der Waals surface area contributed by atoms with E-state index < -0.39 is 0 Å². The molecule has 0 saturated carbocycles. The van der Waals surface area contributed by atoms with Crippen LogP contribution in [0.2, 0.25) is 0 Å². The monoisotopic (exact) mass is 281 g/mol. The second-order valence-corrected chi connectivity index (χ2v) is 4.46. The van der Waals surface area contributed by atoms with Gasteiger partial charge in [-0.2, -0.15) is 0 Å². The zero-order valence-electron chi connectivity index (χ0n) is 11.7. The predicted octanol–water partition coefficient (Wildman–Crippen LogP) is 0.910. The molecule has 0 saturated heterocycles. The number of ether oxygens (including phenoxy) is 1. The summed E-state index contributed by atoms with van der Waals surface area (Å²) in [6.07, 6.45) is 1.31. The van der Waals surface area contributed by atoms with Crippen LogP contribution in [-0.2, 0) is 0 Å². The van der Waals surface area contributed by atoms with Gasteiger partial charge in [0.2, 0.25) is 0 Å². The van der Waals surface area contributed by atoms with E-state index in [0.717, 1.165) is 31.7 Å². The first kappa shape index (κ1) is 16.3. The first-order valence-corrected chi connectivity index (χ1v) is 6.77. The van der Waals surface area contributed by atoms with Crippen molar-refractivity contribution < 1.29 is 15.1 Å². The summed E-state index contributed by atoms with van der Waals surface area (Å²) in [7, 11) is 0. The Kier molecular flexibility index (Phi) is 7.46. The summed E-state index contributed by atoms with van der Waals surface area (Å²) in [5.41, 5.74) is 6.11. The Labute approximate surface area is 119 Å². The fraction of sp³-hybridized carbons (Fsp3) is 0.500. The van der Waals surface area contributed by atoms with Crippen molar-refractivity contribution in [1.29, 1.82) is 0 Å². The van der Waals surface area contributed by atoms with Gasteiger partial charge in [-0.15, -0.1) is 0 Å². The fourth-order valence-electron chi connectivity index (χ4n) is 1.62. The van der Waals surface area contributed by atoms with Crippen LogP contribution in [0.4, 0.5) is 0 Å². The predicted molar refractivity (Wildman–Crippen MR) is 78.2 cm³/mol. The first-order valence-electron chi connectivity index (χ1n) is 6.77. The van der Waals surface area contributed by atoms with Gasteiger partial charge in [0.15, 0.2) is 5.84 Å². The molecule has 6 heteroatoms. The van der Waals surface area contributed by atoms with E-state index in [9.17, 15) is 5.11 Å². The van der Waals surface area contributed by atoms with E-state index >= 15 is 0 Å². The summed E-state index contributed by atoms with van der Waals surface area (Å²) >= 11 is 0. The molecule has 1 unspecified atom stereocenters. The lowest BCUT2D eigenvalue weighted by Crippen LogP contribution is -2.24. The molecule has 0 spiro atoms. The van der Waals surface area contributed by atoms with Crippen molar-refractivity contribution in [3.05, 3.63) is 29.8 Å². The third kappa shape index (κ3) is 5.90. The van der Waals surface area contributed by atoms with Crippen molar-refractivity contribution in [2.24, 2.45) is 10.9 Å². The van der Waals surface area contributed by atoms with Crippen LogP contribution < -0.4 is 15.8 Å². The highest BCUT2D eigenvalue weighted by atomic mass is 16.5. The van der Waals surface area contributed by atoms with E-state index in [2.05, 4.69) is 10.5 Å². The molecule has 1 rings (SSSR count). The Hall–Kier alpha value is -1.79. The molecule has 6 nitrogen and oxygen atoms in total. The number of hydrogen-bond acceptors (Lipinski definition) is 5. The maximum atomic E-state index is 9.37. The van der Waals surface area contributed by atoms with Gasteiger partial charge in [0.25, 0.3) is 0 Å². The molecule has 0 aliphatic carbocycles. The van der Waals surface area contributed by atoms with Crippen molar-refractivity contribution in [3.8, 4) is 5.75 Å². The van der Waals surface area contributed by atoms with Crippen LogP contribution in [0.15, 0.2) is 29.4 Å². The van der Waals surface area contributed by atoms with E-state index in [1.165, 1.54) is 0 Å². The van der Waals surface area contributed by atoms with Gasteiger partial charge in [-0.05, 0) is 43.7 Å². The smallest absolute Gasteiger partial charge is 0.170 e. The van der Waals surface area contributed by atoms with Crippen molar-refractivity contribution >= 4 is 5.84 Å². The topological polar surface area (TPSA) is 100 Å². The van der Waals surface area contributed by atoms with Crippen LogP contribution in [0.25, 0.3) is 0 Å². The zero-order valence-corrected chi connectivity index (χ0v) is 11.7. The first-order chi connectivity index (χ1) is 9.67.